The number of ketones is 2. The Kier molecular flexibility index (Phi) is 7.50. The lowest BCUT2D eigenvalue weighted by atomic mass is 10.0. The largest absolute Gasteiger partial charge is 0.291 e. The summed E-state index contributed by atoms with van der Waals surface area (Å²) < 4.78 is 2.01. The Hall–Kier alpha value is -0.310. The zero-order valence-corrected chi connectivity index (χ0v) is 19.7. The van der Waals surface area contributed by atoms with Crippen LogP contribution in [0.15, 0.2) is 57.5 Å². The van der Waals surface area contributed by atoms with Crippen molar-refractivity contribution in [2.24, 2.45) is 0 Å². The molecule has 1 aliphatic rings. The summed E-state index contributed by atoms with van der Waals surface area (Å²) in [6, 6.07) is 13.8. The Balaban J connectivity index is 1.96. The van der Waals surface area contributed by atoms with Crippen molar-refractivity contribution in [2.45, 2.75) is 4.21 Å². The Morgan fingerprint density at radius 3 is 1.70 bits per heavy atom. The van der Waals surface area contributed by atoms with Crippen molar-refractivity contribution in [2.75, 3.05) is 24.6 Å². The lowest BCUT2D eigenvalue weighted by Crippen LogP contribution is -2.43. The van der Waals surface area contributed by atoms with Crippen LogP contribution >= 0.6 is 67.2 Å². The first-order chi connectivity index (χ1) is 12.9. The second-order valence-electron chi connectivity index (χ2n) is 5.90. The van der Waals surface area contributed by atoms with Crippen molar-refractivity contribution in [1.29, 1.82) is 0 Å². The number of benzene rings is 2. The van der Waals surface area contributed by atoms with E-state index >= 15 is 0 Å². The highest BCUT2D eigenvalue weighted by Crippen LogP contribution is 2.40. The van der Waals surface area contributed by atoms with Gasteiger partial charge in [-0.05, 0) is 36.2 Å². The summed E-state index contributed by atoms with van der Waals surface area (Å²) in [5.74, 6) is 1.12. The van der Waals surface area contributed by atoms with Crippen LogP contribution in [0.2, 0.25) is 0 Å². The van der Waals surface area contributed by atoms with Crippen LogP contribution in [0, 0.1) is 0 Å². The zero-order valence-electron chi connectivity index (χ0n) is 14.2. The first-order valence-electron chi connectivity index (χ1n) is 8.21. The molecule has 0 unspecified atom stereocenters. The maximum absolute atomic E-state index is 13.3. The van der Waals surface area contributed by atoms with Crippen LogP contribution < -0.4 is 0 Å². The van der Waals surface area contributed by atoms with Crippen molar-refractivity contribution in [3.63, 3.8) is 0 Å². The molecule has 3 rings (SSSR count). The fourth-order valence-corrected chi connectivity index (χ4v) is 5.87. The normalized spacial score (nSPS) is 15.5. The number of hydrogen-bond donors (Lipinski definition) is 0. The van der Waals surface area contributed by atoms with Gasteiger partial charge in [0.05, 0.1) is 0 Å². The topological polar surface area (TPSA) is 37.4 Å². The predicted octanol–water partition coefficient (Wildman–Crippen LogP) is 5.91. The molecule has 0 N–H and O–H groups in total. The van der Waals surface area contributed by atoms with Gasteiger partial charge in [0, 0.05) is 44.7 Å². The number of rotatable bonds is 6. The molecule has 3 nitrogen and oxygen atoms in total. The van der Waals surface area contributed by atoms with Crippen LogP contribution in [0.5, 0.6) is 0 Å². The van der Waals surface area contributed by atoms with Gasteiger partial charge in [-0.25, -0.2) is 4.31 Å². The summed E-state index contributed by atoms with van der Waals surface area (Å²) in [5, 5.41) is 0. The summed E-state index contributed by atoms with van der Waals surface area (Å²) >= 11 is 16.5. The van der Waals surface area contributed by atoms with Crippen LogP contribution in [0.4, 0.5) is 0 Å². The molecule has 0 bridgehead atoms. The van der Waals surface area contributed by atoms with Crippen molar-refractivity contribution >= 4 is 78.7 Å². The Bertz CT molecular complexity index is 767. The highest BCUT2D eigenvalue weighted by atomic mass is 79.9. The number of hydrogen-bond acceptors (Lipinski definition) is 5. The minimum Gasteiger partial charge on any atom is -0.291 e. The van der Waals surface area contributed by atoms with Crippen molar-refractivity contribution in [1.82, 2.24) is 4.31 Å². The van der Waals surface area contributed by atoms with Gasteiger partial charge in [-0.15, -0.1) is 0 Å². The molecule has 0 spiro atoms. The van der Waals surface area contributed by atoms with E-state index < -0.39 is 15.8 Å². The second kappa shape index (κ2) is 9.46. The Morgan fingerprint density at radius 1 is 0.889 bits per heavy atom. The summed E-state index contributed by atoms with van der Waals surface area (Å²) in [7, 11) is 0. The number of carbonyl (C=O) groups excluding carboxylic acids is 2. The monoisotopic (exact) mass is 547 g/mol. The van der Waals surface area contributed by atoms with Crippen molar-refractivity contribution in [3.8, 4) is 0 Å². The summed E-state index contributed by atoms with van der Waals surface area (Å²) in [6.45, 7) is 1.57. The van der Waals surface area contributed by atoms with E-state index in [0.29, 0.717) is 11.1 Å². The highest BCUT2D eigenvalue weighted by Gasteiger charge is 2.47. The van der Waals surface area contributed by atoms with Crippen LogP contribution in [-0.4, -0.2) is 44.7 Å². The van der Waals surface area contributed by atoms with E-state index in [1.807, 2.05) is 16.1 Å². The van der Waals surface area contributed by atoms with E-state index in [1.54, 1.807) is 48.5 Å². The number of thioether (sulfide) groups is 1. The average molecular weight is 550 g/mol. The molecule has 1 fully saturated rings. The molecule has 1 aliphatic heterocycles. The fraction of sp³-hybridized carbons (Fsp3) is 0.263. The van der Waals surface area contributed by atoms with E-state index in [0.717, 1.165) is 45.5 Å². The van der Waals surface area contributed by atoms with E-state index in [2.05, 4.69) is 31.9 Å². The molecule has 0 aromatic heterocycles. The molecule has 0 saturated carbocycles. The molecule has 1 saturated heterocycles. The predicted molar refractivity (Wildman–Crippen MR) is 122 cm³/mol. The van der Waals surface area contributed by atoms with Gasteiger partial charge in [-0.1, -0.05) is 67.7 Å². The Labute approximate surface area is 189 Å². The van der Waals surface area contributed by atoms with Crippen molar-refractivity contribution in [3.05, 3.63) is 68.6 Å². The molecule has 2 aromatic carbocycles. The number of carbonyl (C=O) groups is 2. The number of alkyl halides is 1. The van der Waals surface area contributed by atoms with Gasteiger partial charge in [0.25, 0.3) is 0 Å². The molecule has 0 radical (unpaired) electrons. The van der Waals surface area contributed by atoms with E-state index in [1.165, 1.54) is 0 Å². The standard InChI is InChI=1S/C19H16Br2ClNO2S2/c20-15-5-1-13(2-6-15)17(24)19(22,27-23-9-11-26-12-10-23)18(25)14-3-7-16(21)8-4-14/h1-8H,9-12H2. The third kappa shape index (κ3) is 5.19. The molecular formula is C19H16Br2ClNO2S2. The van der Waals surface area contributed by atoms with Gasteiger partial charge in [0.2, 0.25) is 15.8 Å². The maximum atomic E-state index is 13.3. The third-order valence-corrected chi connectivity index (χ3v) is 7.82. The minimum absolute atomic E-state index is 0.396. The summed E-state index contributed by atoms with van der Waals surface area (Å²) in [5.41, 5.74) is 0.829. The number of halogens is 3. The number of Topliss-reactive ketones (excluding diaryl/α,β-unsaturated/α-hetero) is 2. The van der Waals surface area contributed by atoms with Crippen LogP contribution in [0.1, 0.15) is 20.7 Å². The van der Waals surface area contributed by atoms with Gasteiger partial charge in [-0.2, -0.15) is 11.8 Å². The molecule has 0 aliphatic carbocycles. The molecule has 8 heteroatoms. The summed E-state index contributed by atoms with van der Waals surface area (Å²) in [4.78, 5) is 26.6. The average Bonchev–Trinajstić information content (AvgIpc) is 2.69. The van der Waals surface area contributed by atoms with Gasteiger partial charge < -0.3 is 0 Å². The molecule has 0 amide bonds. The van der Waals surface area contributed by atoms with Gasteiger partial charge in [0.1, 0.15) is 0 Å². The van der Waals surface area contributed by atoms with E-state index in [-0.39, 0.29) is 0 Å². The molecule has 1 heterocycles. The molecular weight excluding hydrogens is 534 g/mol. The van der Waals surface area contributed by atoms with Crippen LogP contribution in [0.3, 0.4) is 0 Å². The summed E-state index contributed by atoms with van der Waals surface area (Å²) in [6.07, 6.45) is 0. The first kappa shape index (κ1) is 21.4. The van der Waals surface area contributed by atoms with Gasteiger partial charge in [-0.3, -0.25) is 9.59 Å². The molecule has 27 heavy (non-hydrogen) atoms. The van der Waals surface area contributed by atoms with Crippen LogP contribution in [-0.2, 0) is 0 Å². The van der Waals surface area contributed by atoms with Gasteiger partial charge >= 0.3 is 0 Å². The van der Waals surface area contributed by atoms with E-state index in [9.17, 15) is 9.59 Å². The van der Waals surface area contributed by atoms with Crippen LogP contribution in [0.25, 0.3) is 0 Å². The molecule has 2 aromatic rings. The third-order valence-electron chi connectivity index (χ3n) is 4.02. The number of nitrogens with zero attached hydrogens (tertiary/aromatic N) is 1. The van der Waals surface area contributed by atoms with Gasteiger partial charge in [0.15, 0.2) is 0 Å². The smallest absolute Gasteiger partial charge is 0.229 e. The molecule has 142 valence electrons. The first-order valence-corrected chi connectivity index (χ1v) is 12.1. The quantitative estimate of drug-likeness (QED) is 0.194. The van der Waals surface area contributed by atoms with Crippen molar-refractivity contribution < 1.29 is 9.59 Å². The zero-order chi connectivity index (χ0) is 19.4. The minimum atomic E-state index is -1.73. The SMILES string of the molecule is O=C(c1ccc(Br)cc1)C(Cl)(SN1CCSCC1)C(=O)c1ccc(Br)cc1. The molecule has 0 atom stereocenters. The lowest BCUT2D eigenvalue weighted by molar-refractivity contribution is 0.0881. The highest BCUT2D eigenvalue weighted by molar-refractivity contribution is 9.10. The lowest BCUT2D eigenvalue weighted by Gasteiger charge is -2.32. The van der Waals surface area contributed by atoms with E-state index in [4.69, 9.17) is 11.6 Å². The maximum Gasteiger partial charge on any atom is 0.229 e. The second-order valence-corrected chi connectivity index (χ2v) is 11.1. The fourth-order valence-electron chi connectivity index (χ4n) is 2.58. The Morgan fingerprint density at radius 2 is 1.30 bits per heavy atom.